The molecule has 180 valence electrons. The molecule has 2 aromatic carbocycles. The molecule has 0 saturated heterocycles. The second-order valence-corrected chi connectivity index (χ2v) is 10.4. The smallest absolute Gasteiger partial charge is 0.244 e. The SMILES string of the molecule is COc1cc(C(C)C)c(N2C=[N+](c3c(C(C)C)cc(OC)cc3C(C)C)CC2)c(C(C)C)c1. The fraction of sp³-hybridized carbons (Fsp3) is 0.552. The molecule has 0 bridgehead atoms. The monoisotopic (exact) mass is 451 g/mol. The Hall–Kier alpha value is -2.49. The van der Waals surface area contributed by atoms with Crippen LogP contribution >= 0.6 is 0 Å². The summed E-state index contributed by atoms with van der Waals surface area (Å²) in [6, 6.07) is 8.87. The van der Waals surface area contributed by atoms with Crippen LogP contribution in [-0.2, 0) is 0 Å². The summed E-state index contributed by atoms with van der Waals surface area (Å²) in [5.41, 5.74) is 8.07. The van der Waals surface area contributed by atoms with Gasteiger partial charge in [0, 0.05) is 22.3 Å². The van der Waals surface area contributed by atoms with Crippen molar-refractivity contribution in [3.63, 3.8) is 0 Å². The lowest BCUT2D eigenvalue weighted by atomic mass is 9.91. The van der Waals surface area contributed by atoms with Crippen molar-refractivity contribution in [1.29, 1.82) is 0 Å². The van der Waals surface area contributed by atoms with Crippen molar-refractivity contribution in [3.05, 3.63) is 46.5 Å². The van der Waals surface area contributed by atoms with Gasteiger partial charge >= 0.3 is 0 Å². The summed E-state index contributed by atoms with van der Waals surface area (Å²) >= 11 is 0. The van der Waals surface area contributed by atoms with E-state index in [0.29, 0.717) is 23.7 Å². The Kier molecular flexibility index (Phi) is 7.76. The summed E-state index contributed by atoms with van der Waals surface area (Å²) < 4.78 is 13.8. The largest absolute Gasteiger partial charge is 0.497 e. The van der Waals surface area contributed by atoms with Gasteiger partial charge in [0.2, 0.25) is 6.34 Å². The molecule has 4 nitrogen and oxygen atoms in total. The highest BCUT2D eigenvalue weighted by molar-refractivity contribution is 5.83. The van der Waals surface area contributed by atoms with Crippen molar-refractivity contribution in [1.82, 2.24) is 0 Å². The van der Waals surface area contributed by atoms with Gasteiger partial charge in [-0.3, -0.25) is 0 Å². The van der Waals surface area contributed by atoms with Crippen LogP contribution in [0.2, 0.25) is 0 Å². The maximum absolute atomic E-state index is 5.66. The minimum absolute atomic E-state index is 0.411. The Labute approximate surface area is 201 Å². The maximum atomic E-state index is 5.66. The number of anilines is 1. The second-order valence-electron chi connectivity index (χ2n) is 10.4. The average Bonchev–Trinajstić information content (AvgIpc) is 3.26. The lowest BCUT2D eigenvalue weighted by Gasteiger charge is -2.22. The van der Waals surface area contributed by atoms with Gasteiger partial charge in [-0.15, -0.1) is 0 Å². The van der Waals surface area contributed by atoms with Crippen molar-refractivity contribution >= 4 is 17.7 Å². The van der Waals surface area contributed by atoms with Crippen LogP contribution < -0.4 is 14.4 Å². The van der Waals surface area contributed by atoms with Gasteiger partial charge in [0.05, 0.1) is 14.2 Å². The highest BCUT2D eigenvalue weighted by Gasteiger charge is 2.32. The molecule has 0 unspecified atom stereocenters. The molecule has 1 aliphatic rings. The fourth-order valence-corrected chi connectivity index (χ4v) is 4.80. The summed E-state index contributed by atoms with van der Waals surface area (Å²) in [6.45, 7) is 20.1. The van der Waals surface area contributed by atoms with E-state index in [-0.39, 0.29) is 0 Å². The van der Waals surface area contributed by atoms with Gasteiger partial charge in [-0.25, -0.2) is 9.48 Å². The molecule has 0 saturated carbocycles. The number of rotatable bonds is 8. The summed E-state index contributed by atoms with van der Waals surface area (Å²) in [5.74, 6) is 3.53. The fourth-order valence-electron chi connectivity index (χ4n) is 4.80. The Bertz CT molecular complexity index is 960. The first-order chi connectivity index (χ1) is 15.6. The molecular weight excluding hydrogens is 408 g/mol. The van der Waals surface area contributed by atoms with Crippen molar-refractivity contribution < 1.29 is 14.0 Å². The lowest BCUT2D eigenvalue weighted by Crippen LogP contribution is -2.22. The Balaban J connectivity index is 2.21. The molecule has 0 atom stereocenters. The molecule has 0 aromatic heterocycles. The summed E-state index contributed by atoms with van der Waals surface area (Å²) in [4.78, 5) is 2.46. The zero-order valence-electron chi connectivity index (χ0n) is 22.3. The summed E-state index contributed by atoms with van der Waals surface area (Å²) in [5, 5.41) is 0. The molecule has 2 aromatic rings. The first-order valence-corrected chi connectivity index (χ1v) is 12.4. The van der Waals surface area contributed by atoms with E-state index in [1.165, 1.54) is 33.6 Å². The third kappa shape index (κ3) is 5.05. The molecule has 0 spiro atoms. The molecular formula is C29H43N2O2+. The average molecular weight is 452 g/mol. The van der Waals surface area contributed by atoms with Crippen LogP contribution in [0.1, 0.15) is 101 Å². The highest BCUT2D eigenvalue weighted by atomic mass is 16.5. The van der Waals surface area contributed by atoms with Crippen molar-refractivity contribution in [2.45, 2.75) is 79.1 Å². The minimum atomic E-state index is 0.411. The quantitative estimate of drug-likeness (QED) is 0.391. The number of benzene rings is 2. The van der Waals surface area contributed by atoms with E-state index in [0.717, 1.165) is 24.6 Å². The predicted molar refractivity (Wildman–Crippen MR) is 141 cm³/mol. The van der Waals surface area contributed by atoms with E-state index in [1.807, 2.05) is 0 Å². The molecule has 0 aliphatic carbocycles. The molecule has 0 fully saturated rings. The van der Waals surface area contributed by atoms with Gasteiger partial charge in [-0.1, -0.05) is 55.4 Å². The summed E-state index contributed by atoms with van der Waals surface area (Å²) in [7, 11) is 3.52. The van der Waals surface area contributed by atoms with Gasteiger partial charge in [0.1, 0.15) is 36.0 Å². The van der Waals surface area contributed by atoms with Gasteiger partial charge in [-0.2, -0.15) is 0 Å². The number of hydrogen-bond acceptors (Lipinski definition) is 3. The van der Waals surface area contributed by atoms with Gasteiger partial charge < -0.3 is 9.47 Å². The number of nitrogens with zero attached hydrogens (tertiary/aromatic N) is 2. The van der Waals surface area contributed by atoms with Crippen LogP contribution in [0.15, 0.2) is 24.3 Å². The van der Waals surface area contributed by atoms with Crippen LogP contribution in [0.25, 0.3) is 0 Å². The molecule has 3 rings (SSSR count). The minimum Gasteiger partial charge on any atom is -0.497 e. The molecule has 1 heterocycles. The predicted octanol–water partition coefficient (Wildman–Crippen LogP) is 7.39. The molecule has 0 amide bonds. The third-order valence-corrected chi connectivity index (χ3v) is 6.68. The van der Waals surface area contributed by atoms with Crippen LogP contribution in [0.5, 0.6) is 11.5 Å². The second kappa shape index (κ2) is 10.2. The van der Waals surface area contributed by atoms with E-state index < -0.39 is 0 Å². The molecule has 0 radical (unpaired) electrons. The topological polar surface area (TPSA) is 24.7 Å². The molecule has 1 aliphatic heterocycles. The maximum Gasteiger partial charge on any atom is 0.244 e. The van der Waals surface area contributed by atoms with E-state index in [9.17, 15) is 0 Å². The zero-order chi connectivity index (χ0) is 24.4. The van der Waals surface area contributed by atoms with Gasteiger partial charge in [0.15, 0.2) is 0 Å². The Morgan fingerprint density at radius 1 is 0.667 bits per heavy atom. The van der Waals surface area contributed by atoms with Gasteiger partial charge in [0.25, 0.3) is 0 Å². The van der Waals surface area contributed by atoms with Crippen molar-refractivity contribution in [2.75, 3.05) is 32.2 Å². The highest BCUT2D eigenvalue weighted by Crippen LogP contribution is 2.41. The first-order valence-electron chi connectivity index (χ1n) is 12.4. The van der Waals surface area contributed by atoms with Gasteiger partial charge in [-0.05, 0) is 47.9 Å². The standard InChI is InChI=1S/C29H43N2O2/c1-18(2)24-13-22(32-9)14-25(19(3)4)28(24)30-11-12-31(17-30)29-26(20(5)6)15-23(33-10)16-27(29)21(7)8/h13-21H,11-12H2,1-10H3/q+1. The van der Waals surface area contributed by atoms with E-state index in [4.69, 9.17) is 9.47 Å². The normalized spacial score (nSPS) is 14.1. The van der Waals surface area contributed by atoms with Crippen LogP contribution in [0, 0.1) is 0 Å². The number of ether oxygens (including phenoxy) is 2. The van der Waals surface area contributed by atoms with Crippen molar-refractivity contribution in [2.24, 2.45) is 0 Å². The van der Waals surface area contributed by atoms with E-state index >= 15 is 0 Å². The number of hydrogen-bond donors (Lipinski definition) is 0. The summed E-state index contributed by atoms with van der Waals surface area (Å²) in [6.07, 6.45) is 2.33. The Morgan fingerprint density at radius 3 is 1.42 bits per heavy atom. The van der Waals surface area contributed by atoms with E-state index in [2.05, 4.69) is 95.5 Å². The van der Waals surface area contributed by atoms with Crippen LogP contribution in [0.4, 0.5) is 11.4 Å². The lowest BCUT2D eigenvalue weighted by molar-refractivity contribution is -0.425. The van der Waals surface area contributed by atoms with Crippen LogP contribution in [-0.4, -0.2) is 38.2 Å². The third-order valence-electron chi connectivity index (χ3n) is 6.68. The van der Waals surface area contributed by atoms with Crippen LogP contribution in [0.3, 0.4) is 0 Å². The molecule has 4 heteroatoms. The number of methoxy groups -OCH3 is 2. The Morgan fingerprint density at radius 2 is 1.06 bits per heavy atom. The zero-order valence-corrected chi connectivity index (χ0v) is 22.3. The van der Waals surface area contributed by atoms with E-state index in [1.54, 1.807) is 14.2 Å². The van der Waals surface area contributed by atoms with Crippen molar-refractivity contribution in [3.8, 4) is 11.5 Å². The molecule has 0 N–H and O–H groups in total. The molecule has 33 heavy (non-hydrogen) atoms. The first kappa shape index (κ1) is 25.1.